The zero-order valence-corrected chi connectivity index (χ0v) is 59.7. The molecule has 2 saturated heterocycles. The predicted molar refractivity (Wildman–Crippen MR) is 389 cm³/mol. The third kappa shape index (κ3) is 28.7. The summed E-state index contributed by atoms with van der Waals surface area (Å²) in [5.74, 6) is -10.2. The summed E-state index contributed by atoms with van der Waals surface area (Å²) in [4.78, 5) is 146. The number of amides is 9. The first-order valence-corrected chi connectivity index (χ1v) is 37.1. The van der Waals surface area contributed by atoms with Crippen molar-refractivity contribution < 1.29 is 68.4 Å². The number of carboxylic acid groups (broad SMARTS) is 1. The number of nitrogens with one attached hydrogen (secondary N) is 16. The monoisotopic (exact) mass is 1460 g/mol. The molecule has 2 fully saturated rings. The van der Waals surface area contributed by atoms with Gasteiger partial charge in [-0.2, -0.15) is 0 Å². The molecule has 3 unspecified atom stereocenters. The highest BCUT2D eigenvalue weighted by molar-refractivity contribution is 8.76. The van der Waals surface area contributed by atoms with Gasteiger partial charge in [0.05, 0.1) is 23.9 Å². The molecule has 12 atom stereocenters. The van der Waals surface area contributed by atoms with Crippen molar-refractivity contribution in [3.63, 3.8) is 0 Å². The van der Waals surface area contributed by atoms with Crippen molar-refractivity contribution >= 4 is 91.6 Å². The van der Waals surface area contributed by atoms with Gasteiger partial charge >= 0.3 is 5.97 Å². The number of rotatable bonds is 29. The number of carboxylic acids is 1. The summed E-state index contributed by atoms with van der Waals surface area (Å²) in [6.45, 7) is 11.3. The van der Waals surface area contributed by atoms with Crippen LogP contribution in [0.5, 0.6) is 5.75 Å². The summed E-state index contributed by atoms with van der Waals surface area (Å²) < 4.78 is 0. The van der Waals surface area contributed by atoms with E-state index in [0.717, 1.165) is 48.1 Å². The lowest BCUT2D eigenvalue weighted by Gasteiger charge is -2.32. The number of para-hydroxylation sites is 1. The first kappa shape index (κ1) is 83.0. The third-order valence-corrected chi connectivity index (χ3v) is 19.4. The zero-order valence-electron chi connectivity index (χ0n) is 58.0. The first-order chi connectivity index (χ1) is 49.0. The number of aromatic amines is 1. The molecule has 3 aromatic carbocycles. The molecule has 4 aromatic rings. The van der Waals surface area contributed by atoms with Crippen LogP contribution in [0.4, 0.5) is 0 Å². The van der Waals surface area contributed by atoms with Gasteiger partial charge < -0.3 is 111 Å². The lowest BCUT2D eigenvalue weighted by atomic mass is 10.0. The van der Waals surface area contributed by atoms with Gasteiger partial charge in [-0.15, -0.1) is 0 Å². The van der Waals surface area contributed by atoms with Crippen molar-refractivity contribution in [2.24, 2.45) is 11.5 Å². The number of carbonyl (C=O) groups excluding carboxylic acids is 9. The summed E-state index contributed by atoms with van der Waals surface area (Å²) in [5, 5.41) is 86.8. The van der Waals surface area contributed by atoms with Crippen LogP contribution in [0.3, 0.4) is 0 Å². The van der Waals surface area contributed by atoms with Gasteiger partial charge in [-0.25, -0.2) is 4.79 Å². The molecule has 2 aliphatic heterocycles. The average molecular weight is 1460 g/mol. The maximum absolute atomic E-state index is 15.2. The van der Waals surface area contributed by atoms with Gasteiger partial charge in [0.1, 0.15) is 48.0 Å². The molecule has 1 aromatic heterocycles. The van der Waals surface area contributed by atoms with E-state index in [-0.39, 0.29) is 81.4 Å². The average Bonchev–Trinajstić information content (AvgIpc) is 1.61. The summed E-state index contributed by atoms with van der Waals surface area (Å²) in [7, 11) is 1.76. The van der Waals surface area contributed by atoms with Gasteiger partial charge in [-0.05, 0) is 87.5 Å². The number of benzene rings is 3. The van der Waals surface area contributed by atoms with Crippen molar-refractivity contribution in [2.75, 3.05) is 90.0 Å². The molecule has 6 rings (SSSR count). The van der Waals surface area contributed by atoms with E-state index in [1.165, 1.54) is 31.2 Å². The van der Waals surface area contributed by atoms with Crippen LogP contribution in [0.15, 0.2) is 85.1 Å². The third-order valence-electron chi connectivity index (χ3n) is 17.0. The van der Waals surface area contributed by atoms with E-state index in [1.807, 2.05) is 6.92 Å². The number of nitrogens with two attached hydrogens (primary N) is 2. The number of aromatic hydroxyl groups is 1. The topological polar surface area (TPSA) is 500 Å². The minimum absolute atomic E-state index is 0.0378. The Kier molecular flexibility index (Phi) is 35.7. The van der Waals surface area contributed by atoms with E-state index in [0.29, 0.717) is 86.4 Å². The quantitative estimate of drug-likeness (QED) is 0.0182. The van der Waals surface area contributed by atoms with Gasteiger partial charge in [-0.1, -0.05) is 89.2 Å². The number of carbonyl (C=O) groups is 10. The van der Waals surface area contributed by atoms with Gasteiger partial charge in [-0.3, -0.25) is 48.5 Å². The Morgan fingerprint density at radius 3 is 2.00 bits per heavy atom. The fraction of sp³-hybridized carbons (Fsp3) is 0.559. The maximum Gasteiger partial charge on any atom is 0.328 e. The molecule has 34 heteroatoms. The first-order valence-electron chi connectivity index (χ1n) is 34.6. The molecular formula is C68H104N18O14S2. The molecule has 102 heavy (non-hydrogen) atoms. The number of unbranched alkanes of at least 4 members (excludes halogenated alkanes) is 1. The van der Waals surface area contributed by atoms with Crippen molar-refractivity contribution in [1.82, 2.24) is 84.7 Å². The molecule has 0 radical (unpaired) electrons. The van der Waals surface area contributed by atoms with Gasteiger partial charge in [0.15, 0.2) is 6.04 Å². The molecule has 0 aliphatic carbocycles. The Bertz CT molecular complexity index is 3340. The maximum atomic E-state index is 15.2. The lowest BCUT2D eigenvalue weighted by Crippen LogP contribution is -2.66. The van der Waals surface area contributed by atoms with Crippen LogP contribution >= 0.6 is 21.6 Å². The van der Waals surface area contributed by atoms with Crippen LogP contribution in [0.25, 0.3) is 10.9 Å². The SMILES string of the molecule is CCNCCNC[C@]1(N)CNCCNCC(NC(=O)CCCC(=O)N[C@H](Cc2ccccc2)C(=O)N[C@H]2CSSC[C@@H](C(=O)N[C@H](C(=O)O)C(C)O)NC(=O)[C@H](C(C)O)NC(=O)[C@H](CCCCN)NC(=O)[C@@H](Cc3c[nH]c4ccccc34)NC(=O)[C@H](Cc3ccc(O)cc3)NC2=O)CNCCN1. The van der Waals surface area contributed by atoms with Crippen LogP contribution in [-0.2, 0) is 67.2 Å². The number of hydrogen-bond acceptors (Lipinski definition) is 23. The molecular weight excluding hydrogens is 1360 g/mol. The summed E-state index contributed by atoms with van der Waals surface area (Å²) in [6, 6.07) is 8.55. The largest absolute Gasteiger partial charge is 0.508 e. The number of phenols is 1. The number of likely N-dealkylation sites (N-methyl/N-ethyl adjacent to an activating group) is 1. The van der Waals surface area contributed by atoms with Crippen LogP contribution in [0, 0.1) is 0 Å². The molecule has 0 bridgehead atoms. The molecule has 24 N–H and O–H groups in total. The van der Waals surface area contributed by atoms with Crippen LogP contribution < -0.4 is 91.2 Å². The highest BCUT2D eigenvalue weighted by Gasteiger charge is 2.38. The zero-order chi connectivity index (χ0) is 74.0. The minimum Gasteiger partial charge on any atom is -0.508 e. The number of hydrogen-bond donors (Lipinski definition) is 22. The Labute approximate surface area is 601 Å². The number of aliphatic hydroxyl groups excluding tert-OH is 2. The number of phenolic OH excluding ortho intramolecular Hbond substituents is 1. The van der Waals surface area contributed by atoms with E-state index in [1.54, 1.807) is 60.8 Å². The molecule has 2 aliphatic rings. The summed E-state index contributed by atoms with van der Waals surface area (Å²) in [6.07, 6.45) is -1.71. The second kappa shape index (κ2) is 43.8. The van der Waals surface area contributed by atoms with E-state index < -0.39 is 125 Å². The van der Waals surface area contributed by atoms with Crippen molar-refractivity contribution in [3.8, 4) is 5.75 Å². The summed E-state index contributed by atoms with van der Waals surface area (Å²) >= 11 is 0. The fourth-order valence-electron chi connectivity index (χ4n) is 11.3. The van der Waals surface area contributed by atoms with Crippen molar-refractivity contribution in [3.05, 3.63) is 102 Å². The smallest absolute Gasteiger partial charge is 0.328 e. The standard InChI is InChI=1S/C68H104N18O14S2/c1-4-71-25-27-74-39-68(70)40-75-28-26-72-35-46(36-73-29-30-77-68)78-56(90)18-12-19-57(91)79-51(31-43-13-6-5-7-14-43)61(93)83-54-37-101-102-38-55(65(97)86-59(42(3)88)67(99)100)84-66(98)58(41(2)87)85-60(92)50(17-10-11-24-69)80-63(95)53(33-45-34-76-49-16-9-8-15-48(45)49)82-62(94)52(81-64(54)96)32-44-20-22-47(89)23-21-44/h5-9,13-16,20-23,34,41-42,46,50-55,58-59,71-77,87-89H,4,10-12,17-19,24-33,35-40,69-70H2,1-3H3,(H,78,90)(H,79,91)(H,80,95)(H,81,96)(H,82,94)(H,83,93)(H,84,98)(H,85,92)(H,86,97)(H,99,100)/t41?,42?,46?,50-,51+,52-,53+,54-,55-,58-,59-,68+/m0/s1. The molecule has 0 saturated carbocycles. The normalized spacial score (nSPS) is 23.2. The van der Waals surface area contributed by atoms with E-state index in [2.05, 4.69) is 84.7 Å². The predicted octanol–water partition coefficient (Wildman–Crippen LogP) is -3.97. The Morgan fingerprint density at radius 2 is 1.30 bits per heavy atom. The molecule has 9 amide bonds. The van der Waals surface area contributed by atoms with Gasteiger partial charge in [0.25, 0.3) is 0 Å². The second-order valence-corrected chi connectivity index (χ2v) is 28.1. The Morgan fingerprint density at radius 1 is 0.667 bits per heavy atom. The highest BCUT2D eigenvalue weighted by atomic mass is 33.1. The van der Waals surface area contributed by atoms with E-state index in [9.17, 15) is 58.8 Å². The fourth-order valence-corrected chi connectivity index (χ4v) is 13.6. The molecule has 3 heterocycles. The number of H-pyrrole nitrogens is 1. The van der Waals surface area contributed by atoms with E-state index >= 15 is 9.59 Å². The Hall–Kier alpha value is -8.00. The number of fused-ring (bicyclic) bond motifs is 1. The summed E-state index contributed by atoms with van der Waals surface area (Å²) in [5.41, 5.74) is 14.2. The number of aliphatic carboxylic acids is 1. The van der Waals surface area contributed by atoms with Crippen LogP contribution in [0.1, 0.15) is 76.0 Å². The number of aromatic nitrogens is 1. The van der Waals surface area contributed by atoms with Gasteiger partial charge in [0.2, 0.25) is 53.2 Å². The van der Waals surface area contributed by atoms with Crippen molar-refractivity contribution in [1.29, 1.82) is 0 Å². The van der Waals surface area contributed by atoms with Crippen LogP contribution in [0.2, 0.25) is 0 Å². The molecule has 0 spiro atoms. The van der Waals surface area contributed by atoms with Crippen LogP contribution in [-0.4, -0.2) is 247 Å². The highest BCUT2D eigenvalue weighted by Crippen LogP contribution is 2.25. The van der Waals surface area contributed by atoms with Gasteiger partial charge in [0, 0.05) is 126 Å². The lowest BCUT2D eigenvalue weighted by molar-refractivity contribution is -0.145. The molecule has 32 nitrogen and oxygen atoms in total. The Balaban J connectivity index is 1.28. The van der Waals surface area contributed by atoms with E-state index in [4.69, 9.17) is 11.5 Å². The minimum atomic E-state index is -1.87. The second-order valence-electron chi connectivity index (χ2n) is 25.5. The molecule has 562 valence electrons. The van der Waals surface area contributed by atoms with Crippen molar-refractivity contribution in [2.45, 2.75) is 151 Å². The number of aliphatic hydroxyl groups is 2.